The number of carbonyl (C=O) groups excluding carboxylic acids is 2. The van der Waals surface area contributed by atoms with E-state index in [1.54, 1.807) is 0 Å². The van der Waals surface area contributed by atoms with Gasteiger partial charge in [-0.05, 0) is 83.8 Å². The molecule has 1 N–H and O–H groups in total. The van der Waals surface area contributed by atoms with Gasteiger partial charge in [0.2, 0.25) is 5.96 Å². The summed E-state index contributed by atoms with van der Waals surface area (Å²) in [6, 6.07) is 2.39. The normalized spacial score (nSPS) is 11.7. The summed E-state index contributed by atoms with van der Waals surface area (Å²) in [4.78, 5) is 33.6. The minimum atomic E-state index is -0.0262. The summed E-state index contributed by atoms with van der Waals surface area (Å²) in [5, 5.41) is 3.38. The number of unbranched alkanes of at least 4 members (excludes halogenated alkanes) is 24. The summed E-state index contributed by atoms with van der Waals surface area (Å²) >= 11 is 0. The quantitative estimate of drug-likeness (QED) is 0.0216. The molecule has 0 aliphatic heterocycles. The largest absolute Gasteiger partial charge is 0.466 e. The molecule has 8 nitrogen and oxygen atoms in total. The van der Waals surface area contributed by atoms with E-state index < -0.39 is 0 Å². The number of nitrogens with one attached hydrogen (secondary N) is 1. The Morgan fingerprint density at radius 3 is 1.45 bits per heavy atom. The second-order valence-corrected chi connectivity index (χ2v) is 17.2. The monoisotopic (exact) mass is 817 g/mol. The third kappa shape index (κ3) is 39.2. The fraction of sp³-hybridized carbons (Fsp3) is 0.900. The van der Waals surface area contributed by atoms with Crippen molar-refractivity contribution in [3.05, 3.63) is 0 Å². The lowest BCUT2D eigenvalue weighted by Gasteiger charge is -2.23. The molecular weight excluding hydrogens is 721 g/mol. The van der Waals surface area contributed by atoms with Crippen molar-refractivity contribution < 1.29 is 19.1 Å². The Balaban J connectivity index is 4.49. The molecule has 0 heterocycles. The van der Waals surface area contributed by atoms with Crippen LogP contribution in [-0.4, -0.2) is 80.7 Å². The van der Waals surface area contributed by atoms with Crippen molar-refractivity contribution in [2.24, 2.45) is 4.99 Å². The van der Waals surface area contributed by atoms with E-state index in [1.807, 2.05) is 19.0 Å². The van der Waals surface area contributed by atoms with Crippen molar-refractivity contribution in [3.8, 4) is 12.5 Å². The fourth-order valence-electron chi connectivity index (χ4n) is 7.60. The average Bonchev–Trinajstić information content (AvgIpc) is 3.21. The van der Waals surface area contributed by atoms with Gasteiger partial charge in [0, 0.05) is 39.5 Å². The van der Waals surface area contributed by atoms with Gasteiger partial charge in [-0.2, -0.15) is 4.99 Å². The lowest BCUT2D eigenvalue weighted by atomic mass is 10.0. The predicted molar refractivity (Wildman–Crippen MR) is 249 cm³/mol. The minimum Gasteiger partial charge on any atom is -0.466 e. The van der Waals surface area contributed by atoms with Crippen LogP contribution in [0.15, 0.2) is 4.99 Å². The lowest BCUT2D eigenvalue weighted by Crippen LogP contribution is -2.38. The second-order valence-electron chi connectivity index (χ2n) is 17.2. The van der Waals surface area contributed by atoms with Crippen LogP contribution < -0.4 is 5.32 Å². The first-order valence-electron chi connectivity index (χ1n) is 24.9. The first kappa shape index (κ1) is 55.7. The molecule has 0 saturated heterocycles. The number of rotatable bonds is 43. The molecule has 58 heavy (non-hydrogen) atoms. The van der Waals surface area contributed by atoms with Gasteiger partial charge in [-0.3, -0.25) is 9.59 Å². The third-order valence-corrected chi connectivity index (χ3v) is 11.3. The van der Waals surface area contributed by atoms with Crippen LogP contribution in [0.3, 0.4) is 0 Å². The number of hydrogen-bond donors (Lipinski definition) is 1. The zero-order valence-corrected chi connectivity index (χ0v) is 39.2. The molecule has 0 aromatic rings. The van der Waals surface area contributed by atoms with Gasteiger partial charge in [0.25, 0.3) is 0 Å². The van der Waals surface area contributed by atoms with E-state index in [9.17, 15) is 9.59 Å². The highest BCUT2D eigenvalue weighted by molar-refractivity contribution is 5.80. The van der Waals surface area contributed by atoms with E-state index in [0.717, 1.165) is 96.3 Å². The number of ether oxygens (including phenoxy) is 2. The molecular formula is C50H96N4O4. The Morgan fingerprint density at radius 2 is 0.966 bits per heavy atom. The molecule has 0 bridgehead atoms. The highest BCUT2D eigenvalue weighted by Gasteiger charge is 2.14. The molecule has 0 radical (unpaired) electrons. The lowest BCUT2D eigenvalue weighted by molar-refractivity contribution is -0.150. The number of esters is 2. The van der Waals surface area contributed by atoms with Gasteiger partial charge in [0.15, 0.2) is 0 Å². The van der Waals surface area contributed by atoms with Crippen LogP contribution in [0.1, 0.15) is 239 Å². The molecule has 0 fully saturated rings. The SMILES string of the molecule is C#CN=C(NCCCN(CCCCCCCC(=O)OCCCCCCCCC)CCCCCCCC(=O)OC(CCCCCCCC)CCCCCCCC)N(C)C. The van der Waals surface area contributed by atoms with Crippen LogP contribution in [0.4, 0.5) is 0 Å². The zero-order valence-electron chi connectivity index (χ0n) is 39.2. The Morgan fingerprint density at radius 1 is 0.552 bits per heavy atom. The Labute approximate surface area is 360 Å². The molecule has 8 heteroatoms. The molecule has 0 rings (SSSR count). The highest BCUT2D eigenvalue weighted by atomic mass is 16.5. The molecule has 0 aromatic carbocycles. The maximum atomic E-state index is 12.8. The highest BCUT2D eigenvalue weighted by Crippen LogP contribution is 2.19. The smallest absolute Gasteiger partial charge is 0.306 e. The maximum absolute atomic E-state index is 12.8. The molecule has 0 saturated carbocycles. The first-order valence-corrected chi connectivity index (χ1v) is 24.9. The van der Waals surface area contributed by atoms with E-state index in [-0.39, 0.29) is 18.0 Å². The number of terminal acetylenes is 1. The number of nitrogens with zero attached hydrogens (tertiary/aromatic N) is 3. The van der Waals surface area contributed by atoms with Crippen molar-refractivity contribution in [1.82, 2.24) is 15.1 Å². The van der Waals surface area contributed by atoms with E-state index >= 15 is 0 Å². The van der Waals surface area contributed by atoms with Gasteiger partial charge in [0.05, 0.1) is 6.61 Å². The van der Waals surface area contributed by atoms with Crippen LogP contribution in [0, 0.1) is 12.5 Å². The first-order chi connectivity index (χ1) is 28.4. The van der Waals surface area contributed by atoms with Crippen LogP contribution in [-0.2, 0) is 19.1 Å². The summed E-state index contributed by atoms with van der Waals surface area (Å²) in [5.41, 5.74) is 0. The minimum absolute atomic E-state index is 0.0187. The summed E-state index contributed by atoms with van der Waals surface area (Å²) in [6.45, 7) is 11.4. The van der Waals surface area contributed by atoms with E-state index in [0.29, 0.717) is 19.4 Å². The number of carbonyl (C=O) groups is 2. The van der Waals surface area contributed by atoms with Crippen molar-refractivity contribution >= 4 is 17.9 Å². The zero-order chi connectivity index (χ0) is 42.6. The Kier molecular flexibility index (Phi) is 42.6. The number of hydrogen-bond acceptors (Lipinski definition) is 6. The molecule has 340 valence electrons. The summed E-state index contributed by atoms with van der Waals surface area (Å²) in [5.74, 6) is 0.720. The van der Waals surface area contributed by atoms with E-state index in [4.69, 9.17) is 15.9 Å². The van der Waals surface area contributed by atoms with Gasteiger partial charge < -0.3 is 24.6 Å². The maximum Gasteiger partial charge on any atom is 0.306 e. The van der Waals surface area contributed by atoms with Crippen molar-refractivity contribution in [2.45, 2.75) is 245 Å². The van der Waals surface area contributed by atoms with Crippen LogP contribution in [0.25, 0.3) is 0 Å². The molecule has 0 spiro atoms. The summed E-state index contributed by atoms with van der Waals surface area (Å²) < 4.78 is 11.5. The molecule has 0 aromatic heterocycles. The van der Waals surface area contributed by atoms with Gasteiger partial charge in [0.1, 0.15) is 6.10 Å². The standard InChI is InChI=1S/C50H96N4O4/c1-7-11-14-17-20-29-36-46-57-48(55)40-32-25-21-27-34-43-54(45-37-42-52-50(51-10-4)53(5)6)44-35-28-22-26-33-41-49(56)58-47(38-30-23-18-15-12-8-2)39-31-24-19-16-13-9-3/h4,47H,7-9,11-46H2,1-3,5-6H3,(H,51,52). The predicted octanol–water partition coefficient (Wildman–Crippen LogP) is 13.2. The topological polar surface area (TPSA) is 83.5 Å². The third-order valence-electron chi connectivity index (χ3n) is 11.3. The molecule has 0 atom stereocenters. The van der Waals surface area contributed by atoms with E-state index in [1.165, 1.54) is 141 Å². The Bertz CT molecular complexity index is 965. The van der Waals surface area contributed by atoms with Gasteiger partial charge in [-0.1, -0.05) is 168 Å². The summed E-state index contributed by atoms with van der Waals surface area (Å²) in [6.07, 6.45) is 44.8. The number of guanidine groups is 1. The molecule has 0 unspecified atom stereocenters. The van der Waals surface area contributed by atoms with Crippen LogP contribution in [0.5, 0.6) is 0 Å². The van der Waals surface area contributed by atoms with Crippen molar-refractivity contribution in [2.75, 3.05) is 46.9 Å². The molecule has 0 aliphatic carbocycles. The summed E-state index contributed by atoms with van der Waals surface area (Å²) in [7, 11) is 3.90. The van der Waals surface area contributed by atoms with Gasteiger partial charge in [-0.15, -0.1) is 0 Å². The van der Waals surface area contributed by atoms with Crippen molar-refractivity contribution in [1.29, 1.82) is 0 Å². The van der Waals surface area contributed by atoms with Gasteiger partial charge in [-0.25, -0.2) is 0 Å². The number of aliphatic imine (C=N–C) groups is 1. The second kappa shape index (κ2) is 44.3. The fourth-order valence-corrected chi connectivity index (χ4v) is 7.60. The van der Waals surface area contributed by atoms with Crippen LogP contribution >= 0.6 is 0 Å². The molecule has 0 aliphatic rings. The molecule has 0 amide bonds. The van der Waals surface area contributed by atoms with E-state index in [2.05, 4.69) is 42.0 Å². The van der Waals surface area contributed by atoms with Crippen LogP contribution in [0.2, 0.25) is 0 Å². The average molecular weight is 817 g/mol. The Hall–Kier alpha value is -2.27. The van der Waals surface area contributed by atoms with Gasteiger partial charge >= 0.3 is 11.9 Å². The van der Waals surface area contributed by atoms with Crippen molar-refractivity contribution in [3.63, 3.8) is 0 Å².